The van der Waals surface area contributed by atoms with Crippen LogP contribution in [-0.2, 0) is 11.3 Å². The molecule has 2 amide bonds. The zero-order valence-electron chi connectivity index (χ0n) is 15.2. The first-order valence-corrected chi connectivity index (χ1v) is 9.65. The van der Waals surface area contributed by atoms with Crippen molar-refractivity contribution in [3.8, 4) is 5.69 Å². The number of hydrogen-bond donors (Lipinski definition) is 1. The van der Waals surface area contributed by atoms with Crippen molar-refractivity contribution < 1.29 is 19.5 Å². The van der Waals surface area contributed by atoms with Crippen LogP contribution in [0, 0.1) is 0 Å². The van der Waals surface area contributed by atoms with E-state index >= 15 is 0 Å². The van der Waals surface area contributed by atoms with Crippen molar-refractivity contribution in [1.82, 2.24) is 9.47 Å². The molecule has 2 heterocycles. The molecular weight excluding hydrogens is 388 g/mol. The molecule has 0 unspecified atom stereocenters. The minimum absolute atomic E-state index is 0.172. The SMILES string of the molecule is O=C(O)c1cccc(-n2cccc2/C=C2\SC(=O)N(Cc3ccccc3)C2=O)c1. The number of imide groups is 1. The monoisotopic (exact) mass is 404 g/mol. The zero-order valence-corrected chi connectivity index (χ0v) is 16.0. The van der Waals surface area contributed by atoms with Gasteiger partial charge in [-0.3, -0.25) is 14.5 Å². The number of carbonyl (C=O) groups excluding carboxylic acids is 2. The summed E-state index contributed by atoms with van der Waals surface area (Å²) in [6.07, 6.45) is 3.43. The van der Waals surface area contributed by atoms with Crippen LogP contribution in [0.2, 0.25) is 0 Å². The lowest BCUT2D eigenvalue weighted by atomic mass is 10.2. The van der Waals surface area contributed by atoms with E-state index < -0.39 is 5.97 Å². The minimum atomic E-state index is -1.01. The Kier molecular flexibility index (Phi) is 5.05. The predicted molar refractivity (Wildman–Crippen MR) is 111 cm³/mol. The third-order valence-electron chi connectivity index (χ3n) is 4.49. The number of carboxylic acids is 1. The number of benzene rings is 2. The number of aromatic nitrogens is 1. The van der Waals surface area contributed by atoms with E-state index in [1.54, 1.807) is 47.2 Å². The predicted octanol–water partition coefficient (Wildman–Crippen LogP) is 4.41. The number of aromatic carboxylic acids is 1. The molecule has 0 saturated carbocycles. The van der Waals surface area contributed by atoms with Gasteiger partial charge in [0.05, 0.1) is 17.0 Å². The van der Waals surface area contributed by atoms with Gasteiger partial charge in [0.25, 0.3) is 11.1 Å². The molecule has 0 atom stereocenters. The molecule has 7 heteroatoms. The van der Waals surface area contributed by atoms with Gasteiger partial charge >= 0.3 is 5.97 Å². The summed E-state index contributed by atoms with van der Waals surface area (Å²) in [7, 11) is 0. The maximum atomic E-state index is 12.8. The van der Waals surface area contributed by atoms with E-state index in [0.29, 0.717) is 16.3 Å². The molecule has 0 aliphatic carbocycles. The lowest BCUT2D eigenvalue weighted by Gasteiger charge is -2.12. The first kappa shape index (κ1) is 18.8. The Morgan fingerprint density at radius 1 is 1.00 bits per heavy atom. The second kappa shape index (κ2) is 7.81. The molecule has 4 rings (SSSR count). The van der Waals surface area contributed by atoms with Crippen molar-refractivity contribution in [3.63, 3.8) is 0 Å². The summed E-state index contributed by atoms with van der Waals surface area (Å²) in [4.78, 5) is 37.9. The van der Waals surface area contributed by atoms with E-state index in [2.05, 4.69) is 0 Å². The first-order chi connectivity index (χ1) is 14.0. The molecule has 0 radical (unpaired) electrons. The van der Waals surface area contributed by atoms with Gasteiger partial charge in [0.15, 0.2) is 0 Å². The Morgan fingerprint density at radius 3 is 2.55 bits per heavy atom. The molecule has 6 nitrogen and oxygen atoms in total. The van der Waals surface area contributed by atoms with Gasteiger partial charge in [0.2, 0.25) is 0 Å². The number of amides is 2. The van der Waals surface area contributed by atoms with Gasteiger partial charge in [-0.25, -0.2) is 4.79 Å². The van der Waals surface area contributed by atoms with Crippen LogP contribution in [0.3, 0.4) is 0 Å². The second-order valence-electron chi connectivity index (χ2n) is 6.41. The highest BCUT2D eigenvalue weighted by molar-refractivity contribution is 8.18. The van der Waals surface area contributed by atoms with Crippen LogP contribution in [0.15, 0.2) is 77.8 Å². The van der Waals surface area contributed by atoms with Crippen molar-refractivity contribution in [1.29, 1.82) is 0 Å². The summed E-state index contributed by atoms with van der Waals surface area (Å²) in [5, 5.41) is 8.90. The van der Waals surface area contributed by atoms with Crippen LogP contribution in [0.5, 0.6) is 0 Å². The number of carboxylic acid groups (broad SMARTS) is 1. The van der Waals surface area contributed by atoms with E-state index in [1.807, 2.05) is 30.3 Å². The van der Waals surface area contributed by atoms with Crippen molar-refractivity contribution in [2.45, 2.75) is 6.54 Å². The fourth-order valence-corrected chi connectivity index (χ4v) is 3.90. The quantitative estimate of drug-likeness (QED) is 0.637. The Bertz CT molecular complexity index is 1130. The van der Waals surface area contributed by atoms with Gasteiger partial charge < -0.3 is 9.67 Å². The first-order valence-electron chi connectivity index (χ1n) is 8.83. The Hall–Kier alpha value is -3.58. The van der Waals surface area contributed by atoms with Crippen LogP contribution < -0.4 is 0 Å². The topological polar surface area (TPSA) is 79.6 Å². The van der Waals surface area contributed by atoms with Crippen molar-refractivity contribution in [2.24, 2.45) is 0 Å². The van der Waals surface area contributed by atoms with Gasteiger partial charge in [-0.05, 0) is 53.7 Å². The molecular formula is C22H16N2O4S. The molecule has 0 bridgehead atoms. The van der Waals surface area contributed by atoms with Crippen molar-refractivity contribution in [2.75, 3.05) is 0 Å². The van der Waals surface area contributed by atoms with Crippen LogP contribution in [0.25, 0.3) is 11.8 Å². The minimum Gasteiger partial charge on any atom is -0.478 e. The van der Waals surface area contributed by atoms with Gasteiger partial charge in [-0.2, -0.15) is 0 Å². The Morgan fingerprint density at radius 2 is 1.79 bits per heavy atom. The number of thioether (sulfide) groups is 1. The molecule has 0 spiro atoms. The van der Waals surface area contributed by atoms with Gasteiger partial charge in [-0.1, -0.05) is 36.4 Å². The Labute approximate surface area is 171 Å². The second-order valence-corrected chi connectivity index (χ2v) is 7.41. The summed E-state index contributed by atoms with van der Waals surface area (Å²) in [6, 6.07) is 19.5. The average Bonchev–Trinajstić information content (AvgIpc) is 3.29. The molecule has 1 fully saturated rings. The smallest absolute Gasteiger partial charge is 0.335 e. The zero-order chi connectivity index (χ0) is 20.4. The maximum absolute atomic E-state index is 12.8. The van der Waals surface area contributed by atoms with Crippen molar-refractivity contribution in [3.05, 3.63) is 94.7 Å². The normalized spacial score (nSPS) is 15.3. The van der Waals surface area contributed by atoms with Crippen molar-refractivity contribution >= 4 is 35.0 Å². The van der Waals surface area contributed by atoms with Gasteiger partial charge in [0, 0.05) is 17.6 Å². The summed E-state index contributed by atoms with van der Waals surface area (Å²) in [6.45, 7) is 0.227. The number of rotatable bonds is 5. The fourth-order valence-electron chi connectivity index (χ4n) is 3.07. The standard InChI is InChI=1S/C22H16N2O4S/c25-20-19(29-22(28)24(20)14-15-6-2-1-3-7-15)13-18-10-5-11-23(18)17-9-4-8-16(12-17)21(26)27/h1-13H,14H2,(H,26,27)/b19-13-. The number of nitrogens with zero attached hydrogens (tertiary/aromatic N) is 2. The van der Waals surface area contributed by atoms with E-state index in [1.165, 1.54) is 11.0 Å². The van der Waals surface area contributed by atoms with Crippen LogP contribution in [0.4, 0.5) is 4.79 Å². The third kappa shape index (κ3) is 3.86. The summed E-state index contributed by atoms with van der Waals surface area (Å²) >= 11 is 0.902. The molecule has 3 aromatic rings. The van der Waals surface area contributed by atoms with E-state index in [9.17, 15) is 19.5 Å². The highest BCUT2D eigenvalue weighted by Gasteiger charge is 2.35. The van der Waals surface area contributed by atoms with Crippen LogP contribution in [-0.4, -0.2) is 31.7 Å². The largest absolute Gasteiger partial charge is 0.478 e. The van der Waals surface area contributed by atoms with Crippen LogP contribution >= 0.6 is 11.8 Å². The fraction of sp³-hybridized carbons (Fsp3) is 0.0455. The molecule has 1 aromatic heterocycles. The molecule has 2 aromatic carbocycles. The molecule has 1 aliphatic heterocycles. The average molecular weight is 404 g/mol. The van der Waals surface area contributed by atoms with Crippen LogP contribution in [0.1, 0.15) is 21.6 Å². The Balaban J connectivity index is 1.62. The molecule has 29 heavy (non-hydrogen) atoms. The summed E-state index contributed by atoms with van der Waals surface area (Å²) in [5.41, 5.74) is 2.39. The summed E-state index contributed by atoms with van der Waals surface area (Å²) < 4.78 is 1.78. The van der Waals surface area contributed by atoms with E-state index in [4.69, 9.17) is 0 Å². The molecule has 1 N–H and O–H groups in total. The molecule has 1 saturated heterocycles. The van der Waals surface area contributed by atoms with E-state index in [-0.39, 0.29) is 23.3 Å². The highest BCUT2D eigenvalue weighted by Crippen LogP contribution is 2.33. The molecule has 1 aliphatic rings. The number of carbonyl (C=O) groups is 3. The van der Waals surface area contributed by atoms with Gasteiger partial charge in [0.1, 0.15) is 0 Å². The molecule has 144 valence electrons. The summed E-state index contributed by atoms with van der Waals surface area (Å²) in [5.74, 6) is -1.35. The highest BCUT2D eigenvalue weighted by atomic mass is 32.2. The van der Waals surface area contributed by atoms with Gasteiger partial charge in [-0.15, -0.1) is 0 Å². The number of hydrogen-bond acceptors (Lipinski definition) is 4. The third-order valence-corrected chi connectivity index (χ3v) is 5.40. The maximum Gasteiger partial charge on any atom is 0.335 e. The lowest BCUT2D eigenvalue weighted by Crippen LogP contribution is -2.27. The lowest BCUT2D eigenvalue weighted by molar-refractivity contribution is -0.123. The van der Waals surface area contributed by atoms with E-state index in [0.717, 1.165) is 17.3 Å².